The zero-order valence-electron chi connectivity index (χ0n) is 17.2. The second-order valence-corrected chi connectivity index (χ2v) is 7.82. The van der Waals surface area contributed by atoms with E-state index in [0.29, 0.717) is 34.4 Å². The summed E-state index contributed by atoms with van der Waals surface area (Å²) in [7, 11) is 0. The average Bonchev–Trinajstić information content (AvgIpc) is 3.27. The van der Waals surface area contributed by atoms with E-state index < -0.39 is 0 Å². The predicted molar refractivity (Wildman–Crippen MR) is 122 cm³/mol. The van der Waals surface area contributed by atoms with Crippen LogP contribution in [0.2, 0.25) is 5.15 Å². The summed E-state index contributed by atoms with van der Waals surface area (Å²) in [6.07, 6.45) is 1.94. The minimum Gasteiger partial charge on any atom is -0.420 e. The molecule has 0 spiro atoms. The van der Waals surface area contributed by atoms with E-state index in [2.05, 4.69) is 20.3 Å². The lowest BCUT2D eigenvalue weighted by Gasteiger charge is -2.10. The van der Waals surface area contributed by atoms with Crippen LogP contribution >= 0.6 is 11.6 Å². The summed E-state index contributed by atoms with van der Waals surface area (Å²) < 4.78 is 7.36. The first kappa shape index (κ1) is 20.1. The van der Waals surface area contributed by atoms with Crippen LogP contribution in [0.4, 0.5) is 0 Å². The van der Waals surface area contributed by atoms with Crippen molar-refractivity contribution in [1.29, 1.82) is 0 Å². The number of nitrogens with zero attached hydrogens (tertiary/aromatic N) is 5. The van der Waals surface area contributed by atoms with E-state index in [9.17, 15) is 4.79 Å². The topological polar surface area (TPSA) is 86.7 Å². The second-order valence-electron chi connectivity index (χ2n) is 7.44. The fourth-order valence-corrected chi connectivity index (χ4v) is 3.72. The molecule has 0 atom stereocenters. The molecule has 0 saturated carbocycles. The number of halogens is 1. The van der Waals surface area contributed by atoms with Crippen LogP contribution in [0, 0.1) is 6.92 Å². The van der Waals surface area contributed by atoms with E-state index in [-0.39, 0.29) is 12.1 Å². The van der Waals surface area contributed by atoms with Gasteiger partial charge < -0.3 is 4.42 Å². The van der Waals surface area contributed by atoms with Gasteiger partial charge in [-0.25, -0.2) is 9.67 Å². The van der Waals surface area contributed by atoms with Crippen LogP contribution in [-0.2, 0) is 13.0 Å². The third-order valence-electron chi connectivity index (χ3n) is 5.23. The lowest BCUT2D eigenvalue weighted by Crippen LogP contribution is -2.25. The van der Waals surface area contributed by atoms with Gasteiger partial charge in [0.25, 0.3) is 5.56 Å². The number of fused-ring (bicyclic) bond motifs is 1. The van der Waals surface area contributed by atoms with Gasteiger partial charge in [-0.15, -0.1) is 10.2 Å². The summed E-state index contributed by atoms with van der Waals surface area (Å²) in [5, 5.41) is 14.8. The zero-order valence-corrected chi connectivity index (χ0v) is 18.0. The molecule has 32 heavy (non-hydrogen) atoms. The Morgan fingerprint density at radius 1 is 0.969 bits per heavy atom. The molecule has 0 radical (unpaired) electrons. The van der Waals surface area contributed by atoms with Crippen molar-refractivity contribution in [3.63, 3.8) is 0 Å². The number of benzene rings is 2. The van der Waals surface area contributed by atoms with Gasteiger partial charge >= 0.3 is 0 Å². The van der Waals surface area contributed by atoms with Crippen LogP contribution in [0.1, 0.15) is 22.7 Å². The third-order valence-corrected chi connectivity index (χ3v) is 5.45. The Bertz CT molecular complexity index is 1470. The highest BCUT2D eigenvalue weighted by molar-refractivity contribution is 6.29. The summed E-state index contributed by atoms with van der Waals surface area (Å²) in [4.78, 5) is 17.1. The maximum atomic E-state index is 13.0. The highest BCUT2D eigenvalue weighted by Crippen LogP contribution is 2.23. The second kappa shape index (κ2) is 8.36. The molecule has 0 unspecified atom stereocenters. The van der Waals surface area contributed by atoms with Crippen molar-refractivity contribution >= 4 is 22.4 Å². The summed E-state index contributed by atoms with van der Waals surface area (Å²) in [6.45, 7) is 2.27. The summed E-state index contributed by atoms with van der Waals surface area (Å²) >= 11 is 5.88. The Morgan fingerprint density at radius 3 is 2.53 bits per heavy atom. The van der Waals surface area contributed by atoms with Crippen LogP contribution < -0.4 is 5.56 Å². The normalized spacial score (nSPS) is 11.2. The summed E-state index contributed by atoms with van der Waals surface area (Å²) in [5.74, 6) is 0.891. The molecule has 3 aromatic heterocycles. The van der Waals surface area contributed by atoms with E-state index in [1.807, 2.05) is 55.5 Å². The number of hydrogen-bond donors (Lipinski definition) is 0. The number of pyridine rings is 1. The molecule has 158 valence electrons. The maximum Gasteiger partial charge on any atom is 0.274 e. The Balaban J connectivity index is 1.54. The van der Waals surface area contributed by atoms with Crippen LogP contribution in [0.15, 0.2) is 76.1 Å². The smallest absolute Gasteiger partial charge is 0.274 e. The van der Waals surface area contributed by atoms with E-state index >= 15 is 0 Å². The van der Waals surface area contributed by atoms with Gasteiger partial charge in [0, 0.05) is 17.1 Å². The first-order valence-electron chi connectivity index (χ1n) is 10.1. The van der Waals surface area contributed by atoms with Gasteiger partial charge in [0.15, 0.2) is 0 Å². The quantitative estimate of drug-likeness (QED) is 0.373. The van der Waals surface area contributed by atoms with Crippen molar-refractivity contribution in [2.45, 2.75) is 19.9 Å². The third kappa shape index (κ3) is 3.90. The SMILES string of the molecule is Cc1ccccc1-c1nnc(Cc2nn(Cc3ccc(Cl)nc3)c(=O)c3ccccc23)o1. The molecule has 0 saturated heterocycles. The molecule has 0 aliphatic rings. The van der Waals surface area contributed by atoms with Crippen molar-refractivity contribution in [3.05, 3.63) is 105 Å². The van der Waals surface area contributed by atoms with E-state index in [1.54, 1.807) is 18.3 Å². The largest absolute Gasteiger partial charge is 0.420 e. The molecule has 7 nitrogen and oxygen atoms in total. The molecule has 0 N–H and O–H groups in total. The Labute approximate surface area is 188 Å². The summed E-state index contributed by atoms with van der Waals surface area (Å²) in [6, 6.07) is 18.8. The highest BCUT2D eigenvalue weighted by atomic mass is 35.5. The average molecular weight is 444 g/mol. The lowest BCUT2D eigenvalue weighted by molar-refractivity contribution is 0.512. The minimum absolute atomic E-state index is 0.176. The molecular weight excluding hydrogens is 426 g/mol. The van der Waals surface area contributed by atoms with E-state index in [4.69, 9.17) is 16.0 Å². The fourth-order valence-electron chi connectivity index (χ4n) is 3.61. The van der Waals surface area contributed by atoms with Gasteiger partial charge in [-0.1, -0.05) is 54.1 Å². The van der Waals surface area contributed by atoms with Crippen LogP contribution in [-0.4, -0.2) is 25.0 Å². The van der Waals surface area contributed by atoms with Gasteiger partial charge in [-0.2, -0.15) is 5.10 Å². The van der Waals surface area contributed by atoms with E-state index in [1.165, 1.54) is 4.68 Å². The van der Waals surface area contributed by atoms with Crippen molar-refractivity contribution in [1.82, 2.24) is 25.0 Å². The lowest BCUT2D eigenvalue weighted by atomic mass is 10.1. The fraction of sp³-hybridized carbons (Fsp3) is 0.125. The Morgan fingerprint density at radius 2 is 1.75 bits per heavy atom. The molecule has 8 heteroatoms. The molecule has 0 fully saturated rings. The first-order valence-corrected chi connectivity index (χ1v) is 10.4. The van der Waals surface area contributed by atoms with E-state index in [0.717, 1.165) is 22.1 Å². The van der Waals surface area contributed by atoms with Crippen molar-refractivity contribution in [2.24, 2.45) is 0 Å². The molecule has 5 aromatic rings. The molecule has 0 amide bonds. The van der Waals surface area contributed by atoms with Crippen LogP contribution in [0.25, 0.3) is 22.2 Å². The maximum absolute atomic E-state index is 13.0. The molecule has 2 aromatic carbocycles. The standard InChI is InChI=1S/C24H18ClN5O2/c1-15-6-2-3-7-17(15)23-28-27-22(32-23)12-20-18-8-4-5-9-19(18)24(31)30(29-20)14-16-10-11-21(25)26-13-16/h2-11,13H,12,14H2,1H3. The minimum atomic E-state index is -0.176. The Kier molecular flexibility index (Phi) is 5.25. The molecule has 3 heterocycles. The van der Waals surface area contributed by atoms with Gasteiger partial charge in [0.1, 0.15) is 5.15 Å². The van der Waals surface area contributed by atoms with Gasteiger partial charge in [0.05, 0.1) is 24.0 Å². The molecule has 0 aliphatic heterocycles. The molecule has 0 aliphatic carbocycles. The van der Waals surface area contributed by atoms with Crippen molar-refractivity contribution in [2.75, 3.05) is 0 Å². The highest BCUT2D eigenvalue weighted by Gasteiger charge is 2.16. The molecule has 5 rings (SSSR count). The Hall–Kier alpha value is -3.84. The number of aryl methyl sites for hydroxylation is 1. The monoisotopic (exact) mass is 443 g/mol. The van der Waals surface area contributed by atoms with Gasteiger partial charge in [-0.05, 0) is 36.2 Å². The molecule has 0 bridgehead atoms. The number of rotatable bonds is 5. The number of aromatic nitrogens is 5. The zero-order chi connectivity index (χ0) is 22.1. The predicted octanol–water partition coefficient (Wildman–Crippen LogP) is 4.44. The summed E-state index contributed by atoms with van der Waals surface area (Å²) in [5.41, 5.74) is 3.28. The van der Waals surface area contributed by atoms with Gasteiger partial charge in [-0.3, -0.25) is 4.79 Å². The van der Waals surface area contributed by atoms with Crippen LogP contribution in [0.5, 0.6) is 0 Å². The molecular formula is C24H18ClN5O2. The number of hydrogen-bond acceptors (Lipinski definition) is 6. The first-order chi connectivity index (χ1) is 15.6. The van der Waals surface area contributed by atoms with Crippen molar-refractivity contribution < 1.29 is 4.42 Å². The van der Waals surface area contributed by atoms with Crippen LogP contribution in [0.3, 0.4) is 0 Å². The van der Waals surface area contributed by atoms with Gasteiger partial charge in [0.2, 0.25) is 11.8 Å². The van der Waals surface area contributed by atoms with Crippen molar-refractivity contribution in [3.8, 4) is 11.5 Å².